The molecule has 5 nitrogen and oxygen atoms in total. The van der Waals surface area contributed by atoms with E-state index in [1.54, 1.807) is 11.0 Å². The van der Waals surface area contributed by atoms with E-state index in [1.807, 2.05) is 25.1 Å². The third-order valence-electron chi connectivity index (χ3n) is 3.84. The summed E-state index contributed by atoms with van der Waals surface area (Å²) in [6, 6.07) is 7.02. The predicted octanol–water partition coefficient (Wildman–Crippen LogP) is 2.91. The summed E-state index contributed by atoms with van der Waals surface area (Å²) in [5.74, 6) is -1.12. The third-order valence-corrected chi connectivity index (χ3v) is 4.19. The number of hydrogen-bond acceptors (Lipinski definition) is 2. The quantitative estimate of drug-likeness (QED) is 0.902. The molecule has 1 aliphatic heterocycles. The number of nitrogens with one attached hydrogen (secondary N) is 1. The molecular weight excluding hydrogens is 292 g/mol. The molecule has 0 spiro atoms. The molecule has 0 saturated carbocycles. The van der Waals surface area contributed by atoms with E-state index < -0.39 is 5.97 Å². The molecule has 1 aromatic carbocycles. The van der Waals surface area contributed by atoms with E-state index in [0.717, 1.165) is 5.56 Å². The fraction of sp³-hybridized carbons (Fsp3) is 0.467. The molecule has 0 bridgehead atoms. The third kappa shape index (κ3) is 3.88. The number of amides is 2. The second-order valence-electron chi connectivity index (χ2n) is 5.29. The molecule has 6 heteroatoms. The number of benzene rings is 1. The van der Waals surface area contributed by atoms with Gasteiger partial charge in [0.1, 0.15) is 0 Å². The molecular formula is C15H19ClN2O3. The zero-order valence-electron chi connectivity index (χ0n) is 11.9. The Hall–Kier alpha value is -1.75. The Bertz CT molecular complexity index is 527. The van der Waals surface area contributed by atoms with Crippen molar-refractivity contribution >= 4 is 23.6 Å². The van der Waals surface area contributed by atoms with Gasteiger partial charge in [-0.1, -0.05) is 29.8 Å². The second kappa shape index (κ2) is 6.80. The van der Waals surface area contributed by atoms with Crippen molar-refractivity contribution in [3.05, 3.63) is 34.9 Å². The van der Waals surface area contributed by atoms with Crippen LogP contribution in [0.1, 0.15) is 31.4 Å². The zero-order valence-corrected chi connectivity index (χ0v) is 12.6. The molecule has 2 N–H and O–H groups in total. The van der Waals surface area contributed by atoms with Gasteiger partial charge in [-0.15, -0.1) is 0 Å². The molecule has 1 aliphatic rings. The molecule has 2 amide bonds. The van der Waals surface area contributed by atoms with Gasteiger partial charge in [0, 0.05) is 18.1 Å². The van der Waals surface area contributed by atoms with Gasteiger partial charge in [0.2, 0.25) is 0 Å². The molecule has 2 rings (SSSR count). The lowest BCUT2D eigenvalue weighted by atomic mass is 9.97. The molecule has 0 aliphatic carbocycles. The average Bonchev–Trinajstić information content (AvgIpc) is 2.47. The van der Waals surface area contributed by atoms with Crippen molar-refractivity contribution in [1.29, 1.82) is 0 Å². The molecule has 114 valence electrons. The van der Waals surface area contributed by atoms with Crippen LogP contribution in [0.3, 0.4) is 0 Å². The Morgan fingerprint density at radius 3 is 2.52 bits per heavy atom. The normalized spacial score (nSPS) is 17.3. The van der Waals surface area contributed by atoms with E-state index in [9.17, 15) is 9.59 Å². The molecule has 1 aromatic rings. The Morgan fingerprint density at radius 2 is 1.95 bits per heavy atom. The van der Waals surface area contributed by atoms with Crippen LogP contribution in [0.2, 0.25) is 5.02 Å². The first-order valence-electron chi connectivity index (χ1n) is 7.01. The number of halogens is 1. The first-order valence-corrected chi connectivity index (χ1v) is 7.39. The standard InChI is InChI=1S/C15H19ClN2O3/c1-10(12-4-2-3-5-13(12)16)17-15(21)18-8-6-11(7-9-18)14(19)20/h2-5,10-11H,6-9H2,1H3,(H,17,21)(H,19,20)/t10-/m1/s1. The van der Waals surface area contributed by atoms with E-state index >= 15 is 0 Å². The molecule has 1 saturated heterocycles. The second-order valence-corrected chi connectivity index (χ2v) is 5.70. The van der Waals surface area contributed by atoms with Crippen molar-refractivity contribution in [3.8, 4) is 0 Å². The fourth-order valence-corrected chi connectivity index (χ4v) is 2.81. The SMILES string of the molecule is C[C@@H](NC(=O)N1CCC(C(=O)O)CC1)c1ccccc1Cl. The number of carboxylic acids is 1. The van der Waals surface area contributed by atoms with Gasteiger partial charge in [-0.3, -0.25) is 4.79 Å². The lowest BCUT2D eigenvalue weighted by Crippen LogP contribution is -2.46. The highest BCUT2D eigenvalue weighted by Gasteiger charge is 2.27. The van der Waals surface area contributed by atoms with E-state index in [0.29, 0.717) is 31.0 Å². The Kier molecular flexibility index (Phi) is 5.07. The van der Waals surface area contributed by atoms with Gasteiger partial charge in [0.15, 0.2) is 0 Å². The van der Waals surface area contributed by atoms with Crippen LogP contribution in [-0.2, 0) is 4.79 Å². The summed E-state index contributed by atoms with van der Waals surface area (Å²) in [5.41, 5.74) is 0.868. The number of likely N-dealkylation sites (tertiary alicyclic amines) is 1. The van der Waals surface area contributed by atoms with Crippen LogP contribution < -0.4 is 5.32 Å². The minimum absolute atomic E-state index is 0.175. The summed E-state index contributed by atoms with van der Waals surface area (Å²) < 4.78 is 0. The number of nitrogens with zero attached hydrogens (tertiary/aromatic N) is 1. The molecule has 21 heavy (non-hydrogen) atoms. The lowest BCUT2D eigenvalue weighted by Gasteiger charge is -2.31. The topological polar surface area (TPSA) is 69.6 Å². The molecule has 0 unspecified atom stereocenters. The summed E-state index contributed by atoms with van der Waals surface area (Å²) in [6.45, 7) is 2.82. The first kappa shape index (κ1) is 15.6. The van der Waals surface area contributed by atoms with Gasteiger partial charge in [-0.05, 0) is 31.4 Å². The number of urea groups is 1. The number of piperidine rings is 1. The van der Waals surface area contributed by atoms with Gasteiger partial charge in [-0.2, -0.15) is 0 Å². The number of hydrogen-bond donors (Lipinski definition) is 2. The van der Waals surface area contributed by atoms with Crippen LogP contribution in [0.5, 0.6) is 0 Å². The van der Waals surface area contributed by atoms with Gasteiger partial charge >= 0.3 is 12.0 Å². The van der Waals surface area contributed by atoms with Gasteiger partial charge in [0.25, 0.3) is 0 Å². The minimum Gasteiger partial charge on any atom is -0.481 e. The largest absolute Gasteiger partial charge is 0.481 e. The Balaban J connectivity index is 1.90. The summed E-state index contributed by atoms with van der Waals surface area (Å²) in [6.07, 6.45) is 1.01. The van der Waals surface area contributed by atoms with E-state index in [4.69, 9.17) is 16.7 Å². The van der Waals surface area contributed by atoms with E-state index in [2.05, 4.69) is 5.32 Å². The number of rotatable bonds is 3. The Morgan fingerprint density at radius 1 is 1.33 bits per heavy atom. The first-order chi connectivity index (χ1) is 9.99. The van der Waals surface area contributed by atoms with Crippen molar-refractivity contribution < 1.29 is 14.7 Å². The Labute approximate surface area is 128 Å². The molecule has 0 aromatic heterocycles. The zero-order chi connectivity index (χ0) is 15.4. The van der Waals surface area contributed by atoms with Crippen molar-refractivity contribution in [2.24, 2.45) is 5.92 Å². The van der Waals surface area contributed by atoms with E-state index in [1.165, 1.54) is 0 Å². The summed E-state index contributed by atoms with van der Waals surface area (Å²) in [5, 5.41) is 12.5. The van der Waals surface area contributed by atoms with Crippen LogP contribution in [0.25, 0.3) is 0 Å². The highest BCUT2D eigenvalue weighted by Crippen LogP contribution is 2.23. The van der Waals surface area contributed by atoms with Crippen LogP contribution in [0.4, 0.5) is 4.79 Å². The predicted molar refractivity (Wildman–Crippen MR) is 80.3 cm³/mol. The fourth-order valence-electron chi connectivity index (χ4n) is 2.51. The monoisotopic (exact) mass is 310 g/mol. The maximum Gasteiger partial charge on any atom is 0.317 e. The number of carboxylic acid groups (broad SMARTS) is 1. The van der Waals surface area contributed by atoms with Crippen LogP contribution >= 0.6 is 11.6 Å². The van der Waals surface area contributed by atoms with Crippen LogP contribution in [0, 0.1) is 5.92 Å². The van der Waals surface area contributed by atoms with Gasteiger partial charge < -0.3 is 15.3 Å². The highest BCUT2D eigenvalue weighted by molar-refractivity contribution is 6.31. The number of aliphatic carboxylic acids is 1. The van der Waals surface area contributed by atoms with Crippen LogP contribution in [-0.4, -0.2) is 35.1 Å². The lowest BCUT2D eigenvalue weighted by molar-refractivity contribution is -0.143. The van der Waals surface area contributed by atoms with Gasteiger partial charge in [0.05, 0.1) is 12.0 Å². The van der Waals surface area contributed by atoms with Crippen molar-refractivity contribution in [2.45, 2.75) is 25.8 Å². The van der Waals surface area contributed by atoms with Crippen LogP contribution in [0.15, 0.2) is 24.3 Å². The molecule has 1 atom stereocenters. The molecule has 1 heterocycles. The smallest absolute Gasteiger partial charge is 0.317 e. The van der Waals surface area contributed by atoms with E-state index in [-0.39, 0.29) is 18.0 Å². The number of carbonyl (C=O) groups is 2. The maximum atomic E-state index is 12.2. The van der Waals surface area contributed by atoms with Crippen molar-refractivity contribution in [2.75, 3.05) is 13.1 Å². The highest BCUT2D eigenvalue weighted by atomic mass is 35.5. The summed E-state index contributed by atoms with van der Waals surface area (Å²) >= 11 is 6.11. The maximum absolute atomic E-state index is 12.2. The number of carbonyl (C=O) groups excluding carboxylic acids is 1. The molecule has 0 radical (unpaired) electrons. The molecule has 1 fully saturated rings. The van der Waals surface area contributed by atoms with Crippen molar-refractivity contribution in [1.82, 2.24) is 10.2 Å². The summed E-state index contributed by atoms with van der Waals surface area (Å²) in [4.78, 5) is 24.8. The van der Waals surface area contributed by atoms with Crippen molar-refractivity contribution in [3.63, 3.8) is 0 Å². The minimum atomic E-state index is -0.778. The average molecular weight is 311 g/mol. The summed E-state index contributed by atoms with van der Waals surface area (Å²) in [7, 11) is 0. The van der Waals surface area contributed by atoms with Gasteiger partial charge in [-0.25, -0.2) is 4.79 Å².